The number of aliphatic hydroxyl groups is 7. The van der Waals surface area contributed by atoms with Gasteiger partial charge in [0.15, 0.2) is 18.9 Å². The summed E-state index contributed by atoms with van der Waals surface area (Å²) in [5, 5.41) is 73.0. The van der Waals surface area contributed by atoms with Crippen molar-refractivity contribution in [3.8, 4) is 0 Å². The van der Waals surface area contributed by atoms with Crippen molar-refractivity contribution in [3.63, 3.8) is 0 Å². The van der Waals surface area contributed by atoms with E-state index in [1.165, 1.54) is 0 Å². The van der Waals surface area contributed by atoms with Gasteiger partial charge in [0.05, 0.1) is 24.8 Å². The van der Waals surface area contributed by atoms with Crippen molar-refractivity contribution in [2.45, 2.75) is 123 Å². The van der Waals surface area contributed by atoms with Crippen LogP contribution in [0.15, 0.2) is 0 Å². The van der Waals surface area contributed by atoms with Gasteiger partial charge >= 0.3 is 0 Å². The van der Waals surface area contributed by atoms with Gasteiger partial charge in [0, 0.05) is 25.2 Å². The van der Waals surface area contributed by atoms with Crippen molar-refractivity contribution in [3.05, 3.63) is 0 Å². The summed E-state index contributed by atoms with van der Waals surface area (Å²) in [4.78, 5) is 0. The van der Waals surface area contributed by atoms with Gasteiger partial charge in [0.25, 0.3) is 0 Å². The van der Waals surface area contributed by atoms with Crippen molar-refractivity contribution in [2.75, 3.05) is 19.7 Å². The molecule has 246 valence electrons. The van der Waals surface area contributed by atoms with Crippen LogP contribution in [0.25, 0.3) is 0 Å². The minimum absolute atomic E-state index is 0.0889. The van der Waals surface area contributed by atoms with Gasteiger partial charge in [-0.3, -0.25) is 0 Å². The molecule has 3 aliphatic heterocycles. The first kappa shape index (κ1) is 34.1. The van der Waals surface area contributed by atoms with E-state index in [4.69, 9.17) is 62.8 Å². The second-order valence-electron chi connectivity index (χ2n) is 11.2. The van der Waals surface area contributed by atoms with Crippen molar-refractivity contribution >= 4 is 0 Å². The Morgan fingerprint density at radius 2 is 0.976 bits per heavy atom. The maximum atomic E-state index is 11.1. The highest BCUT2D eigenvalue weighted by Crippen LogP contribution is 2.34. The van der Waals surface area contributed by atoms with E-state index in [9.17, 15) is 35.7 Å². The van der Waals surface area contributed by atoms with E-state index in [-0.39, 0.29) is 19.5 Å². The maximum absolute atomic E-state index is 11.1. The van der Waals surface area contributed by atoms with Crippen LogP contribution in [-0.4, -0.2) is 172 Å². The molecule has 19 atom stereocenters. The predicted octanol–water partition coefficient (Wildman–Crippen LogP) is -8.90. The minimum Gasteiger partial charge on any atom is -0.394 e. The number of aliphatic hydroxyl groups excluding tert-OH is 7. The zero-order chi connectivity index (χ0) is 31.0. The third-order valence-electron chi connectivity index (χ3n) is 8.37. The Morgan fingerprint density at radius 1 is 0.524 bits per heavy atom. The van der Waals surface area contributed by atoms with Crippen LogP contribution in [0.1, 0.15) is 6.42 Å². The molecule has 0 amide bonds. The van der Waals surface area contributed by atoms with Crippen LogP contribution in [-0.2, 0) is 28.4 Å². The Balaban J connectivity index is 1.50. The highest BCUT2D eigenvalue weighted by molar-refractivity contribution is 5.02. The second-order valence-corrected chi connectivity index (χ2v) is 11.2. The van der Waals surface area contributed by atoms with Gasteiger partial charge in [-0.2, -0.15) is 0 Å². The van der Waals surface area contributed by atoms with Gasteiger partial charge in [-0.1, -0.05) is 0 Å². The van der Waals surface area contributed by atoms with Gasteiger partial charge in [-0.05, 0) is 6.42 Å². The van der Waals surface area contributed by atoms with E-state index >= 15 is 0 Å². The summed E-state index contributed by atoms with van der Waals surface area (Å²) >= 11 is 0. The molecule has 0 bridgehead atoms. The zero-order valence-electron chi connectivity index (χ0n) is 22.8. The lowest BCUT2D eigenvalue weighted by Crippen LogP contribution is -2.68. The zero-order valence-corrected chi connectivity index (χ0v) is 22.8. The summed E-state index contributed by atoms with van der Waals surface area (Å²) in [6.45, 7) is -0.967. The highest BCUT2D eigenvalue weighted by atomic mass is 16.8. The van der Waals surface area contributed by atoms with E-state index in [1.54, 1.807) is 0 Å². The van der Waals surface area contributed by atoms with E-state index in [0.29, 0.717) is 0 Å². The Bertz CT molecular complexity index is 868. The Hall–Kier alpha value is -0.760. The molecule has 42 heavy (non-hydrogen) atoms. The van der Waals surface area contributed by atoms with Crippen molar-refractivity contribution in [1.29, 1.82) is 0 Å². The average molecular weight is 615 g/mol. The molecule has 1 saturated carbocycles. The first-order chi connectivity index (χ1) is 19.8. The average Bonchev–Trinajstić information content (AvgIpc) is 3.27. The summed E-state index contributed by atoms with van der Waals surface area (Å²) < 4.78 is 34.6. The molecule has 0 aromatic carbocycles. The molecule has 4 aliphatic rings. The molecular formula is C23H46N6O13. The van der Waals surface area contributed by atoms with Gasteiger partial charge < -0.3 is 98.6 Å². The third kappa shape index (κ3) is 6.60. The molecule has 19 heteroatoms. The summed E-state index contributed by atoms with van der Waals surface area (Å²) in [5.74, 6) is 0. The lowest BCUT2D eigenvalue weighted by Gasteiger charge is -2.47. The first-order valence-corrected chi connectivity index (χ1v) is 13.9. The fraction of sp³-hybridized carbons (Fsp3) is 1.00. The van der Waals surface area contributed by atoms with Crippen molar-refractivity contribution in [1.82, 2.24) is 0 Å². The van der Waals surface area contributed by atoms with Crippen LogP contribution < -0.4 is 34.4 Å². The largest absolute Gasteiger partial charge is 0.394 e. The summed E-state index contributed by atoms with van der Waals surface area (Å²) in [6.07, 6.45) is -19.8. The smallest absolute Gasteiger partial charge is 0.187 e. The van der Waals surface area contributed by atoms with E-state index in [0.717, 1.165) is 0 Å². The molecule has 0 unspecified atom stereocenters. The summed E-state index contributed by atoms with van der Waals surface area (Å²) in [6, 6.07) is -4.18. The van der Waals surface area contributed by atoms with Gasteiger partial charge in [-0.15, -0.1) is 0 Å². The first-order valence-electron chi connectivity index (χ1n) is 13.9. The van der Waals surface area contributed by atoms with Crippen molar-refractivity contribution in [2.24, 2.45) is 34.4 Å². The van der Waals surface area contributed by atoms with Gasteiger partial charge in [0.2, 0.25) is 0 Å². The summed E-state index contributed by atoms with van der Waals surface area (Å²) in [5.41, 5.74) is 35.6. The van der Waals surface area contributed by atoms with Crippen LogP contribution >= 0.6 is 0 Å². The molecule has 0 aromatic heterocycles. The lowest BCUT2D eigenvalue weighted by molar-refractivity contribution is -0.306. The molecule has 0 spiro atoms. The number of ether oxygens (including phenoxy) is 6. The van der Waals surface area contributed by atoms with Crippen LogP contribution in [0.2, 0.25) is 0 Å². The Labute approximate surface area is 241 Å². The number of hydrogen-bond acceptors (Lipinski definition) is 19. The monoisotopic (exact) mass is 614 g/mol. The fourth-order valence-electron chi connectivity index (χ4n) is 5.74. The molecule has 19 nitrogen and oxygen atoms in total. The molecule has 19 N–H and O–H groups in total. The molecular weight excluding hydrogens is 568 g/mol. The number of nitrogens with two attached hydrogens (primary N) is 6. The quantitative estimate of drug-likeness (QED) is 0.115. The number of hydrogen-bond donors (Lipinski definition) is 13. The number of rotatable bonds is 9. The Morgan fingerprint density at radius 3 is 1.45 bits per heavy atom. The standard InChI is InChI=1S/C23H46N6O13/c24-2-7-13(32)15(34)10(28)21(37-7)40-18-6(27)1-5(26)12(31)20(18)42-23-17(36)19(9(4-30)39-23)41-22-11(29)16(35)14(33)8(3-25)38-22/h5-23,30-36H,1-4,24-29H2/t5-,6+,7-,8+,9-,10-,11-,12+,13-,14-,15-,16-,17-,18+,19-,20-,21-,22+,23+/m1/s1. The maximum Gasteiger partial charge on any atom is 0.187 e. The third-order valence-corrected chi connectivity index (χ3v) is 8.37. The Kier molecular flexibility index (Phi) is 11.5. The van der Waals surface area contributed by atoms with Crippen LogP contribution in [0.5, 0.6) is 0 Å². The normalized spacial score (nSPS) is 53.8. The molecule has 1 aliphatic carbocycles. The van der Waals surface area contributed by atoms with Crippen LogP contribution in [0, 0.1) is 0 Å². The predicted molar refractivity (Wildman–Crippen MR) is 138 cm³/mol. The van der Waals surface area contributed by atoms with Gasteiger partial charge in [0.1, 0.15) is 67.1 Å². The molecule has 0 radical (unpaired) electrons. The van der Waals surface area contributed by atoms with E-state index in [2.05, 4.69) is 0 Å². The molecule has 4 fully saturated rings. The topological polar surface area (TPSA) is 353 Å². The second kappa shape index (κ2) is 14.1. The molecule has 3 heterocycles. The molecule has 3 saturated heterocycles. The van der Waals surface area contributed by atoms with Crippen LogP contribution in [0.3, 0.4) is 0 Å². The van der Waals surface area contributed by atoms with E-state index in [1.807, 2.05) is 0 Å². The van der Waals surface area contributed by atoms with E-state index < -0.39 is 123 Å². The van der Waals surface area contributed by atoms with Crippen molar-refractivity contribution < 1.29 is 64.2 Å². The summed E-state index contributed by atoms with van der Waals surface area (Å²) in [7, 11) is 0. The lowest BCUT2D eigenvalue weighted by atomic mass is 9.84. The highest BCUT2D eigenvalue weighted by Gasteiger charge is 2.54. The molecule has 4 rings (SSSR count). The van der Waals surface area contributed by atoms with Gasteiger partial charge in [-0.25, -0.2) is 0 Å². The fourth-order valence-corrected chi connectivity index (χ4v) is 5.74. The van der Waals surface area contributed by atoms with Crippen LogP contribution in [0.4, 0.5) is 0 Å². The minimum atomic E-state index is -1.60. The molecule has 0 aromatic rings. The SMILES string of the molecule is NC[C@@H]1O[C@@H](O[C@H]2[C@@H](O)[C@H](O[C@@H]3[C@@H](O)[C@H](N)C[C@H](N)[C@@H]3O[C@H]3O[C@H](CN)[C@@H](O)[C@H](O)[C@H]3N)O[C@@H]2CO)[C@H](N)[C@@H](O)[C@@H]1O.